The molecule has 9 nitrogen and oxygen atoms in total. The first-order valence-electron chi connectivity index (χ1n) is 6.72. The molecule has 1 atom stereocenters. The van der Waals surface area contributed by atoms with Crippen molar-refractivity contribution < 1.29 is 30.7 Å². The van der Waals surface area contributed by atoms with E-state index in [1.807, 2.05) is 13.8 Å². The zero-order valence-corrected chi connectivity index (χ0v) is 14.5. The molecule has 0 aliphatic heterocycles. The molecule has 0 heterocycles. The quantitative estimate of drug-likeness (QED) is 0.431. The molecule has 22 heavy (non-hydrogen) atoms. The minimum Gasteiger partial charge on any atom is -0.340 e. The zero-order chi connectivity index (χ0) is 17.6. The molecule has 0 aromatic heterocycles. The molecule has 0 aliphatic rings. The van der Waals surface area contributed by atoms with Crippen LogP contribution in [0.1, 0.15) is 20.3 Å². The monoisotopic (exact) mass is 360 g/mol. The lowest BCUT2D eigenvalue weighted by molar-refractivity contribution is -0.132. The minimum atomic E-state index is -4.37. The van der Waals surface area contributed by atoms with Gasteiger partial charge in [0.05, 0.1) is 11.5 Å². The molecule has 0 saturated carbocycles. The average Bonchev–Trinajstić information content (AvgIpc) is 2.32. The van der Waals surface area contributed by atoms with Gasteiger partial charge in [0.1, 0.15) is 6.04 Å². The lowest BCUT2D eigenvalue weighted by Crippen LogP contribution is -2.50. The maximum absolute atomic E-state index is 12.3. The Morgan fingerprint density at radius 3 is 2.00 bits per heavy atom. The minimum absolute atomic E-state index is 0.218. The second kappa shape index (κ2) is 8.77. The van der Waals surface area contributed by atoms with E-state index in [-0.39, 0.29) is 19.0 Å². The normalized spacial score (nSPS) is 14.1. The van der Waals surface area contributed by atoms with Crippen LogP contribution >= 0.6 is 0 Å². The summed E-state index contributed by atoms with van der Waals surface area (Å²) in [5.41, 5.74) is 0. The second-order valence-corrected chi connectivity index (χ2v) is 8.45. The van der Waals surface area contributed by atoms with E-state index in [9.17, 15) is 21.6 Å². The molecular formula is C11H24N2O7S2. The van der Waals surface area contributed by atoms with Crippen LogP contribution in [0.3, 0.4) is 0 Å². The van der Waals surface area contributed by atoms with Gasteiger partial charge in [-0.3, -0.25) is 13.9 Å². The Labute approximate surface area is 131 Å². The van der Waals surface area contributed by atoms with E-state index in [0.717, 1.165) is 0 Å². The fourth-order valence-corrected chi connectivity index (χ4v) is 2.86. The van der Waals surface area contributed by atoms with E-state index in [1.165, 1.54) is 11.9 Å². The summed E-state index contributed by atoms with van der Waals surface area (Å²) >= 11 is 0. The number of likely N-dealkylation sites (N-methyl/N-ethyl adjacent to an activating group) is 1. The summed E-state index contributed by atoms with van der Waals surface area (Å²) in [5, 5.41) is 2.48. The predicted octanol–water partition coefficient (Wildman–Crippen LogP) is -0.775. The third kappa shape index (κ3) is 10.1. The summed E-state index contributed by atoms with van der Waals surface area (Å²) in [7, 11) is -7.25. The van der Waals surface area contributed by atoms with Crippen LogP contribution in [-0.4, -0.2) is 74.4 Å². The Bertz CT molecular complexity index is 557. The molecule has 0 rings (SSSR count). The number of nitrogens with one attached hydrogen (secondary N) is 1. The van der Waals surface area contributed by atoms with Gasteiger partial charge in [-0.15, -0.1) is 0 Å². The number of hydrogen-bond donors (Lipinski definition) is 3. The molecule has 1 amide bonds. The van der Waals surface area contributed by atoms with Gasteiger partial charge in [0.25, 0.3) is 20.2 Å². The van der Waals surface area contributed by atoms with Gasteiger partial charge in [-0.05, 0) is 19.4 Å². The SMILES string of the molecule is CNC(CS(=O)(=O)O)C(=O)N(CCC(C)C)CCS(=O)(=O)O. The predicted molar refractivity (Wildman–Crippen MR) is 81.7 cm³/mol. The van der Waals surface area contributed by atoms with Gasteiger partial charge in [-0.2, -0.15) is 16.8 Å². The molecule has 1 unspecified atom stereocenters. The summed E-state index contributed by atoms with van der Waals surface area (Å²) in [6.07, 6.45) is 0.583. The van der Waals surface area contributed by atoms with Crippen molar-refractivity contribution in [2.45, 2.75) is 26.3 Å². The second-order valence-electron chi connectivity index (χ2n) is 5.38. The van der Waals surface area contributed by atoms with Gasteiger partial charge in [0.15, 0.2) is 0 Å². The number of carbonyl (C=O) groups excluding carboxylic acids is 1. The van der Waals surface area contributed by atoms with Crippen molar-refractivity contribution >= 4 is 26.1 Å². The van der Waals surface area contributed by atoms with E-state index in [4.69, 9.17) is 9.11 Å². The molecule has 132 valence electrons. The summed E-state index contributed by atoms with van der Waals surface area (Å²) < 4.78 is 61.1. The Morgan fingerprint density at radius 2 is 1.64 bits per heavy atom. The Kier molecular flexibility index (Phi) is 8.47. The number of hydrogen-bond acceptors (Lipinski definition) is 6. The molecule has 0 bridgehead atoms. The van der Waals surface area contributed by atoms with Crippen LogP contribution in [0, 0.1) is 5.92 Å². The van der Waals surface area contributed by atoms with Gasteiger partial charge in [-0.1, -0.05) is 13.8 Å². The smallest absolute Gasteiger partial charge is 0.266 e. The molecule has 0 aromatic rings. The molecular weight excluding hydrogens is 336 g/mol. The number of carbonyl (C=O) groups is 1. The zero-order valence-electron chi connectivity index (χ0n) is 12.9. The molecule has 0 spiro atoms. The molecule has 0 aliphatic carbocycles. The van der Waals surface area contributed by atoms with E-state index in [2.05, 4.69) is 5.32 Å². The molecule has 11 heteroatoms. The van der Waals surface area contributed by atoms with Crippen LogP contribution in [-0.2, 0) is 25.0 Å². The van der Waals surface area contributed by atoms with Gasteiger partial charge in [-0.25, -0.2) is 0 Å². The number of rotatable bonds is 10. The Morgan fingerprint density at radius 1 is 1.09 bits per heavy atom. The first-order chi connectivity index (χ1) is 9.85. The van der Waals surface area contributed by atoms with Crippen molar-refractivity contribution in [2.75, 3.05) is 31.6 Å². The highest BCUT2D eigenvalue weighted by Gasteiger charge is 2.27. The highest BCUT2D eigenvalue weighted by Crippen LogP contribution is 2.06. The van der Waals surface area contributed by atoms with Crippen molar-refractivity contribution in [3.63, 3.8) is 0 Å². The number of amides is 1. The summed E-state index contributed by atoms with van der Waals surface area (Å²) in [4.78, 5) is 13.5. The van der Waals surface area contributed by atoms with Crippen LogP contribution in [0.2, 0.25) is 0 Å². The maximum atomic E-state index is 12.3. The van der Waals surface area contributed by atoms with Crippen molar-refractivity contribution in [1.82, 2.24) is 10.2 Å². The van der Waals surface area contributed by atoms with Gasteiger partial charge >= 0.3 is 0 Å². The molecule has 3 N–H and O–H groups in total. The van der Waals surface area contributed by atoms with E-state index < -0.39 is 43.7 Å². The molecule has 0 fully saturated rings. The third-order valence-electron chi connectivity index (χ3n) is 2.93. The standard InChI is InChI=1S/C11H24N2O7S2/c1-9(2)4-5-13(6-7-21(15,16)17)11(14)10(12-3)8-22(18,19)20/h9-10,12H,4-8H2,1-3H3,(H,15,16,17)(H,18,19,20). The van der Waals surface area contributed by atoms with Crippen LogP contribution < -0.4 is 5.32 Å². The Hall–Kier alpha value is -0.750. The van der Waals surface area contributed by atoms with E-state index >= 15 is 0 Å². The van der Waals surface area contributed by atoms with Crippen LogP contribution in [0.25, 0.3) is 0 Å². The largest absolute Gasteiger partial charge is 0.340 e. The Balaban J connectivity index is 5.05. The van der Waals surface area contributed by atoms with Crippen LogP contribution in [0.5, 0.6) is 0 Å². The summed E-state index contributed by atoms with van der Waals surface area (Å²) in [6, 6.07) is -1.19. The maximum Gasteiger partial charge on any atom is 0.266 e. The lowest BCUT2D eigenvalue weighted by atomic mass is 10.1. The summed E-state index contributed by atoms with van der Waals surface area (Å²) in [6.45, 7) is 3.79. The lowest BCUT2D eigenvalue weighted by Gasteiger charge is -2.27. The van der Waals surface area contributed by atoms with Crippen molar-refractivity contribution in [3.05, 3.63) is 0 Å². The van der Waals surface area contributed by atoms with Gasteiger partial charge < -0.3 is 10.2 Å². The van der Waals surface area contributed by atoms with Crippen molar-refractivity contribution in [3.8, 4) is 0 Å². The van der Waals surface area contributed by atoms with Crippen LogP contribution in [0.15, 0.2) is 0 Å². The average molecular weight is 360 g/mol. The fraction of sp³-hybridized carbons (Fsp3) is 0.909. The van der Waals surface area contributed by atoms with Crippen molar-refractivity contribution in [1.29, 1.82) is 0 Å². The first-order valence-corrected chi connectivity index (χ1v) is 9.94. The molecule has 0 aromatic carbocycles. The highest BCUT2D eigenvalue weighted by molar-refractivity contribution is 7.86. The van der Waals surface area contributed by atoms with E-state index in [1.54, 1.807) is 0 Å². The van der Waals surface area contributed by atoms with E-state index in [0.29, 0.717) is 6.42 Å². The molecule has 0 radical (unpaired) electrons. The fourth-order valence-electron chi connectivity index (χ4n) is 1.68. The summed E-state index contributed by atoms with van der Waals surface area (Å²) in [5.74, 6) is -1.86. The van der Waals surface area contributed by atoms with Gasteiger partial charge in [0, 0.05) is 13.1 Å². The molecule has 0 saturated heterocycles. The van der Waals surface area contributed by atoms with Crippen LogP contribution in [0.4, 0.5) is 0 Å². The number of nitrogens with zero attached hydrogens (tertiary/aromatic N) is 1. The third-order valence-corrected chi connectivity index (χ3v) is 4.38. The first kappa shape index (κ1) is 21.2. The topological polar surface area (TPSA) is 141 Å². The van der Waals surface area contributed by atoms with Crippen molar-refractivity contribution in [2.24, 2.45) is 5.92 Å². The highest BCUT2D eigenvalue weighted by atomic mass is 32.2. The van der Waals surface area contributed by atoms with Gasteiger partial charge in [0.2, 0.25) is 5.91 Å².